The average molecular weight is 451 g/mol. The number of carbonyl (C=O) groups excluding carboxylic acids is 1. The second-order valence-corrected chi connectivity index (χ2v) is 7.90. The van der Waals surface area contributed by atoms with Crippen molar-refractivity contribution < 1.29 is 9.53 Å². The summed E-state index contributed by atoms with van der Waals surface area (Å²) in [5.74, 6) is 0.751. The molecule has 1 aliphatic heterocycles. The number of nitrogens with zero attached hydrogens (tertiary/aromatic N) is 8. The van der Waals surface area contributed by atoms with Crippen molar-refractivity contribution in [2.75, 3.05) is 44.3 Å². The molecule has 12 nitrogen and oxygen atoms in total. The molecule has 3 aromatic rings. The zero-order chi connectivity index (χ0) is 23.4. The predicted molar refractivity (Wildman–Crippen MR) is 119 cm³/mol. The molecular formula is C21H25N9O3. The maximum Gasteiger partial charge on any atom is 0.275 e. The van der Waals surface area contributed by atoms with Crippen LogP contribution < -0.4 is 10.5 Å². The Labute approximate surface area is 189 Å². The number of hydrogen-bond acceptors (Lipinski definition) is 9. The van der Waals surface area contributed by atoms with Gasteiger partial charge in [0.25, 0.3) is 5.56 Å². The lowest BCUT2D eigenvalue weighted by Gasteiger charge is -2.35. The van der Waals surface area contributed by atoms with E-state index in [1.807, 2.05) is 22.8 Å². The van der Waals surface area contributed by atoms with Crippen molar-refractivity contribution >= 4 is 22.6 Å². The number of amides is 1. The third-order valence-electron chi connectivity index (χ3n) is 5.65. The molecule has 1 fully saturated rings. The first-order chi connectivity index (χ1) is 16.0. The summed E-state index contributed by atoms with van der Waals surface area (Å²) in [6.45, 7) is 6.90. The molecule has 0 spiro atoms. The van der Waals surface area contributed by atoms with Gasteiger partial charge in [-0.25, -0.2) is 15.1 Å². The van der Waals surface area contributed by atoms with Crippen LogP contribution in [0.15, 0.2) is 23.4 Å². The second kappa shape index (κ2) is 9.74. The molecule has 1 unspecified atom stereocenters. The van der Waals surface area contributed by atoms with Crippen LogP contribution in [0.5, 0.6) is 0 Å². The Hall–Kier alpha value is -3.85. The molecule has 0 radical (unpaired) electrons. The van der Waals surface area contributed by atoms with Gasteiger partial charge in [0.1, 0.15) is 11.9 Å². The Morgan fingerprint density at radius 2 is 2.03 bits per heavy atom. The van der Waals surface area contributed by atoms with Gasteiger partial charge in [0.05, 0.1) is 60.9 Å². The highest BCUT2D eigenvalue weighted by Crippen LogP contribution is 2.18. The van der Waals surface area contributed by atoms with Crippen molar-refractivity contribution in [2.45, 2.75) is 26.3 Å². The minimum Gasteiger partial charge on any atom is -0.379 e. The van der Waals surface area contributed by atoms with Gasteiger partial charge in [0, 0.05) is 26.2 Å². The maximum atomic E-state index is 12.6. The minimum atomic E-state index is -0.263. The van der Waals surface area contributed by atoms with Gasteiger partial charge in [-0.15, -0.1) is 0 Å². The first kappa shape index (κ1) is 22.3. The fraction of sp³-hybridized carbons (Fsp3) is 0.476. The molecule has 0 aliphatic carbocycles. The number of aromatic amines is 1. The lowest BCUT2D eigenvalue weighted by molar-refractivity contribution is -0.132. The van der Waals surface area contributed by atoms with E-state index in [1.54, 1.807) is 24.0 Å². The first-order valence-electron chi connectivity index (χ1n) is 10.7. The molecular weight excluding hydrogens is 426 g/mol. The number of nitriles is 1. The smallest absolute Gasteiger partial charge is 0.275 e. The largest absolute Gasteiger partial charge is 0.379 e. The maximum absolute atomic E-state index is 12.6. The normalized spacial score (nSPS) is 14.9. The van der Waals surface area contributed by atoms with E-state index in [-0.39, 0.29) is 23.2 Å². The molecule has 12 heteroatoms. The monoisotopic (exact) mass is 451 g/mol. The number of aryl methyl sites for hydroxylation is 1. The number of carbonyl (C=O) groups is 1. The van der Waals surface area contributed by atoms with Crippen molar-refractivity contribution in [1.29, 1.82) is 5.26 Å². The van der Waals surface area contributed by atoms with Gasteiger partial charge >= 0.3 is 0 Å². The first-order valence-corrected chi connectivity index (χ1v) is 10.7. The molecule has 0 saturated carbocycles. The molecule has 4 heterocycles. The van der Waals surface area contributed by atoms with Gasteiger partial charge in [-0.05, 0) is 13.8 Å². The molecule has 1 N–H and O–H groups in total. The van der Waals surface area contributed by atoms with E-state index in [0.717, 1.165) is 0 Å². The highest BCUT2D eigenvalue weighted by Gasteiger charge is 2.22. The Balaban J connectivity index is 1.22. The van der Waals surface area contributed by atoms with Crippen LogP contribution in [0.4, 0.5) is 5.82 Å². The van der Waals surface area contributed by atoms with E-state index < -0.39 is 0 Å². The van der Waals surface area contributed by atoms with E-state index >= 15 is 0 Å². The van der Waals surface area contributed by atoms with Gasteiger partial charge in [-0.2, -0.15) is 15.5 Å². The topological polar surface area (TPSA) is 146 Å². The number of fused-ring (bicyclic) bond motifs is 1. The van der Waals surface area contributed by atoms with Gasteiger partial charge in [0.15, 0.2) is 5.69 Å². The highest BCUT2D eigenvalue weighted by molar-refractivity contribution is 5.79. The van der Waals surface area contributed by atoms with E-state index in [9.17, 15) is 9.59 Å². The molecule has 3 aromatic heterocycles. The summed E-state index contributed by atoms with van der Waals surface area (Å²) in [5.41, 5.74) is 1.32. The van der Waals surface area contributed by atoms with Crippen molar-refractivity contribution in [2.24, 2.45) is 0 Å². The molecule has 1 atom stereocenters. The molecule has 4 rings (SSSR count). The van der Waals surface area contributed by atoms with Crippen LogP contribution >= 0.6 is 0 Å². The summed E-state index contributed by atoms with van der Waals surface area (Å²) < 4.78 is 7.48. The average Bonchev–Trinajstić information content (AvgIpc) is 3.19. The fourth-order valence-electron chi connectivity index (χ4n) is 3.88. The van der Waals surface area contributed by atoms with Crippen LogP contribution in [-0.4, -0.2) is 80.1 Å². The van der Waals surface area contributed by atoms with E-state index in [0.29, 0.717) is 68.2 Å². The van der Waals surface area contributed by atoms with Crippen LogP contribution in [0, 0.1) is 18.3 Å². The lowest BCUT2D eigenvalue weighted by atomic mass is 10.2. The van der Waals surface area contributed by atoms with Crippen molar-refractivity contribution in [1.82, 2.24) is 34.8 Å². The Morgan fingerprint density at radius 3 is 2.73 bits per heavy atom. The van der Waals surface area contributed by atoms with Gasteiger partial charge in [-0.3, -0.25) is 14.3 Å². The van der Waals surface area contributed by atoms with Crippen molar-refractivity contribution in [3.8, 4) is 6.07 Å². The van der Waals surface area contributed by atoms with Crippen molar-refractivity contribution in [3.05, 3.63) is 40.3 Å². The third kappa shape index (κ3) is 4.83. The van der Waals surface area contributed by atoms with E-state index in [4.69, 9.17) is 10.00 Å². The highest BCUT2D eigenvalue weighted by atomic mass is 16.5. The van der Waals surface area contributed by atoms with Crippen molar-refractivity contribution in [3.63, 3.8) is 0 Å². The number of piperazine rings is 1. The molecule has 1 saturated heterocycles. The number of H-pyrrole nitrogens is 1. The van der Waals surface area contributed by atoms with Crippen LogP contribution in [-0.2, 0) is 9.53 Å². The Morgan fingerprint density at radius 1 is 1.24 bits per heavy atom. The number of hydrogen-bond donors (Lipinski definition) is 1. The summed E-state index contributed by atoms with van der Waals surface area (Å²) in [5, 5.41) is 20.1. The van der Waals surface area contributed by atoms with Crippen LogP contribution in [0.1, 0.15) is 30.8 Å². The van der Waals surface area contributed by atoms with Gasteiger partial charge in [-0.1, -0.05) is 0 Å². The molecule has 1 amide bonds. The van der Waals surface area contributed by atoms with E-state index in [1.165, 1.54) is 6.20 Å². The molecule has 0 aromatic carbocycles. The zero-order valence-electron chi connectivity index (χ0n) is 18.6. The lowest BCUT2D eigenvalue weighted by Crippen LogP contribution is -2.49. The second-order valence-electron chi connectivity index (χ2n) is 7.90. The van der Waals surface area contributed by atoms with Gasteiger partial charge in [0.2, 0.25) is 5.91 Å². The standard InChI is InChI=1S/C21H25N9O3/c1-14(30-17-11-25-26-21(32)20(17)15(2)27-30)13-33-8-3-19(31)29-6-4-28(5-7-29)18-12-23-16(9-22)10-24-18/h10-12,14H,3-8,13H2,1-2H3,(H,26,32). The van der Waals surface area contributed by atoms with Gasteiger partial charge < -0.3 is 14.5 Å². The summed E-state index contributed by atoms with van der Waals surface area (Å²) >= 11 is 0. The summed E-state index contributed by atoms with van der Waals surface area (Å²) in [7, 11) is 0. The Bertz CT molecular complexity index is 1220. The van der Waals surface area contributed by atoms with E-state index in [2.05, 4.69) is 25.3 Å². The summed E-state index contributed by atoms with van der Waals surface area (Å²) in [6, 6.07) is 1.84. The quantitative estimate of drug-likeness (QED) is 0.504. The zero-order valence-corrected chi connectivity index (χ0v) is 18.6. The predicted octanol–water partition coefficient (Wildman–Crippen LogP) is 0.406. The number of ether oxygens (including phenoxy) is 1. The number of nitrogens with one attached hydrogen (secondary N) is 1. The number of aromatic nitrogens is 6. The molecule has 172 valence electrons. The minimum absolute atomic E-state index is 0.0457. The third-order valence-corrected chi connectivity index (χ3v) is 5.65. The number of anilines is 1. The molecule has 33 heavy (non-hydrogen) atoms. The van der Waals surface area contributed by atoms with Crippen LogP contribution in [0.3, 0.4) is 0 Å². The molecule has 1 aliphatic rings. The van der Waals surface area contributed by atoms with Crippen LogP contribution in [0.25, 0.3) is 10.9 Å². The number of rotatable bonds is 7. The molecule has 0 bridgehead atoms. The fourth-order valence-corrected chi connectivity index (χ4v) is 3.88. The summed E-state index contributed by atoms with van der Waals surface area (Å²) in [6.07, 6.45) is 4.91. The van der Waals surface area contributed by atoms with Crippen LogP contribution in [0.2, 0.25) is 0 Å². The SMILES string of the molecule is Cc1nn(C(C)COCCC(=O)N2CCN(c3cnc(C#N)cn3)CC2)c2cn[nH]c(=O)c12. The Kier molecular flexibility index (Phi) is 6.60. The summed E-state index contributed by atoms with van der Waals surface area (Å²) in [4.78, 5) is 36.7.